The standard InChI is InChI=1S/C5H8N2O.2Al.HI.3H/c8-5-7-3-1-6-2-4-7;;;;;;/h1-4H2;;;1H;;;/q-1;2*+1;;;;/p-1. The first-order chi connectivity index (χ1) is 5.24. The van der Waals surface area contributed by atoms with Gasteiger partial charge in [0.25, 0.3) is 0 Å². The number of piperazine rings is 1. The summed E-state index contributed by atoms with van der Waals surface area (Å²) in [4.78, 5) is 13.3. The van der Waals surface area contributed by atoms with Crippen LogP contribution in [-0.4, -0.2) is 68.2 Å². The van der Waals surface area contributed by atoms with Crippen LogP contribution >= 0.6 is 20.3 Å². The summed E-state index contributed by atoms with van der Waals surface area (Å²) in [5, 5.41) is 0. The minimum atomic E-state index is -0.474. The summed E-state index contributed by atoms with van der Waals surface area (Å²) in [5.74, 6) is 0. The van der Waals surface area contributed by atoms with Gasteiger partial charge in [0.15, 0.2) is 0 Å². The molecule has 1 fully saturated rings. The molecule has 0 aliphatic carbocycles. The molecule has 0 saturated carbocycles. The number of carbonyl (C=O) groups is 1. The van der Waals surface area contributed by atoms with Gasteiger partial charge in [0.2, 0.25) is 0 Å². The summed E-state index contributed by atoms with van der Waals surface area (Å²) < 4.78 is 2.83. The summed E-state index contributed by atoms with van der Waals surface area (Å²) in [6.45, 7) is 4.14. The molecule has 0 aromatic rings. The third-order valence-electron chi connectivity index (χ3n) is 1.97. The van der Waals surface area contributed by atoms with E-state index in [4.69, 9.17) is 0 Å². The fraction of sp³-hybridized carbons (Fsp3) is 0.800. The van der Waals surface area contributed by atoms with Crippen LogP contribution in [0.3, 0.4) is 0 Å². The molecule has 6 heteroatoms. The van der Waals surface area contributed by atoms with Gasteiger partial charge in [-0.25, -0.2) is 0 Å². The molecule has 1 saturated heterocycles. The predicted octanol–water partition coefficient (Wildman–Crippen LogP) is -0.941. The van der Waals surface area contributed by atoms with Crippen LogP contribution in [-0.2, 0) is 0 Å². The smallest absolute Gasteiger partial charge is 0.388 e. The zero-order valence-corrected chi connectivity index (χ0v) is 12.3. The molecule has 3 nitrogen and oxygen atoms in total. The van der Waals surface area contributed by atoms with Gasteiger partial charge < -0.3 is 8.78 Å². The minimum absolute atomic E-state index is 0.431. The predicted molar refractivity (Wildman–Crippen MR) is 58.3 cm³/mol. The van der Waals surface area contributed by atoms with Crippen molar-refractivity contribution in [2.75, 3.05) is 26.2 Å². The van der Waals surface area contributed by atoms with Gasteiger partial charge in [-0.2, -0.15) is 20.3 Å². The number of amides is 1. The Kier molecular flexibility index (Phi) is 4.74. The highest BCUT2D eigenvalue weighted by molar-refractivity contribution is 14.1. The fourth-order valence-electron chi connectivity index (χ4n) is 1.14. The van der Waals surface area contributed by atoms with Gasteiger partial charge in [0, 0.05) is 13.1 Å². The van der Waals surface area contributed by atoms with Crippen LogP contribution in [0.25, 0.3) is 0 Å². The van der Waals surface area contributed by atoms with Crippen molar-refractivity contribution in [2.24, 2.45) is 0 Å². The Balaban J connectivity index is 2.33. The lowest BCUT2D eigenvalue weighted by Crippen LogP contribution is -2.48. The lowest BCUT2D eigenvalue weighted by molar-refractivity contribution is 0.195. The Labute approximate surface area is 92.5 Å². The SMILES string of the molecule is O=[C]([AlH][I])N1CC[N]([AlH2])CC1. The number of nitrogens with zero attached hydrogens (tertiary/aromatic N) is 2. The molecule has 60 valence electrons. The minimum Gasteiger partial charge on any atom is -0.388 e. The van der Waals surface area contributed by atoms with E-state index < -0.39 is 11.9 Å². The molecule has 0 atom stereocenters. The molecular formula is C5H11Al2IN2O. The number of halogens is 1. The molecule has 0 bridgehead atoms. The van der Waals surface area contributed by atoms with Gasteiger partial charge in [-0.15, -0.1) is 0 Å². The molecule has 0 aromatic heterocycles. The Morgan fingerprint density at radius 3 is 2.36 bits per heavy atom. The van der Waals surface area contributed by atoms with E-state index in [0.29, 0.717) is 4.77 Å². The molecule has 1 heterocycles. The number of hydrogen-bond donors (Lipinski definition) is 0. The van der Waals surface area contributed by atoms with E-state index >= 15 is 0 Å². The van der Waals surface area contributed by atoms with E-state index in [9.17, 15) is 4.79 Å². The third kappa shape index (κ3) is 3.22. The Morgan fingerprint density at radius 1 is 1.36 bits per heavy atom. The first-order valence-corrected chi connectivity index (χ1v) is 10.5. The van der Waals surface area contributed by atoms with E-state index in [0.717, 1.165) is 42.7 Å². The van der Waals surface area contributed by atoms with Crippen molar-refractivity contribution in [1.82, 2.24) is 8.78 Å². The second kappa shape index (κ2) is 5.06. The highest BCUT2D eigenvalue weighted by Crippen LogP contribution is 2.00. The maximum atomic E-state index is 11.2. The molecular weight excluding hydrogens is 285 g/mol. The summed E-state index contributed by atoms with van der Waals surface area (Å²) in [7, 11) is 0. The molecule has 1 aliphatic heterocycles. The maximum Gasteiger partial charge on any atom is 0.467 e. The van der Waals surface area contributed by atoms with Crippen molar-refractivity contribution >= 4 is 53.5 Å². The average molecular weight is 296 g/mol. The van der Waals surface area contributed by atoms with Crippen LogP contribution in [0, 0.1) is 0 Å². The molecule has 1 aliphatic rings. The summed E-state index contributed by atoms with van der Waals surface area (Å²) in [5.41, 5.74) is 0. The van der Waals surface area contributed by atoms with Crippen molar-refractivity contribution in [1.29, 1.82) is 0 Å². The zero-order valence-electron chi connectivity index (χ0n) is 6.72. The van der Waals surface area contributed by atoms with Crippen molar-refractivity contribution in [3.63, 3.8) is 0 Å². The van der Waals surface area contributed by atoms with Crippen LogP contribution in [0.4, 0.5) is 4.79 Å². The molecule has 0 radical (unpaired) electrons. The second-order valence-corrected chi connectivity index (χ2v) is 7.24. The molecule has 1 rings (SSSR count). The van der Waals surface area contributed by atoms with Crippen LogP contribution in [0.5, 0.6) is 0 Å². The first kappa shape index (κ1) is 10.3. The highest BCUT2D eigenvalue weighted by atomic mass is 127. The fourth-order valence-corrected chi connectivity index (χ4v) is 3.47. The summed E-state index contributed by atoms with van der Waals surface area (Å²) in [6, 6.07) is 0. The van der Waals surface area contributed by atoms with Gasteiger partial charge in [-0.05, 0) is 13.1 Å². The van der Waals surface area contributed by atoms with Crippen molar-refractivity contribution in [3.05, 3.63) is 0 Å². The topological polar surface area (TPSA) is 23.6 Å². The maximum absolute atomic E-state index is 11.2. The van der Waals surface area contributed by atoms with Crippen molar-refractivity contribution in [2.45, 2.75) is 0 Å². The molecule has 0 unspecified atom stereocenters. The van der Waals surface area contributed by atoms with Gasteiger partial charge >= 0.3 is 28.4 Å². The van der Waals surface area contributed by atoms with E-state index in [1.807, 2.05) is 4.90 Å². The van der Waals surface area contributed by atoms with E-state index in [1.54, 1.807) is 0 Å². The van der Waals surface area contributed by atoms with Crippen molar-refractivity contribution < 1.29 is 4.79 Å². The highest BCUT2D eigenvalue weighted by Gasteiger charge is 2.17. The van der Waals surface area contributed by atoms with E-state index in [1.165, 1.54) is 0 Å². The normalized spacial score (nSPS) is 19.9. The van der Waals surface area contributed by atoms with Crippen LogP contribution in [0.2, 0.25) is 0 Å². The van der Waals surface area contributed by atoms with E-state index in [2.05, 4.69) is 24.2 Å². The monoisotopic (exact) mass is 296 g/mol. The average Bonchev–Trinajstić information content (AvgIpc) is 2.05. The first-order valence-electron chi connectivity index (χ1n) is 3.76. The van der Waals surface area contributed by atoms with Gasteiger partial charge in [-0.3, -0.25) is 4.79 Å². The number of carbonyl (C=O) groups excluding carboxylic acids is 1. The number of rotatable bonds is 1. The lowest BCUT2D eigenvalue weighted by Gasteiger charge is -2.33. The summed E-state index contributed by atoms with van der Waals surface area (Å²) in [6.07, 6.45) is 0. The third-order valence-corrected chi connectivity index (χ3v) is 5.50. The quantitative estimate of drug-likeness (QED) is 0.460. The largest absolute Gasteiger partial charge is 0.467 e. The van der Waals surface area contributed by atoms with Gasteiger partial charge in [0.1, 0.15) is 4.77 Å². The van der Waals surface area contributed by atoms with Crippen molar-refractivity contribution in [3.8, 4) is 0 Å². The molecule has 0 aromatic carbocycles. The molecule has 0 N–H and O–H groups in total. The van der Waals surface area contributed by atoms with E-state index in [-0.39, 0.29) is 0 Å². The summed E-state index contributed by atoms with van der Waals surface area (Å²) >= 11 is 2.93. The van der Waals surface area contributed by atoms with Gasteiger partial charge in [0.05, 0.1) is 0 Å². The van der Waals surface area contributed by atoms with Crippen LogP contribution in [0.1, 0.15) is 0 Å². The van der Waals surface area contributed by atoms with Crippen LogP contribution < -0.4 is 0 Å². The molecule has 1 amide bonds. The molecule has 11 heavy (non-hydrogen) atoms. The Morgan fingerprint density at radius 2 is 1.91 bits per heavy atom. The molecule has 0 spiro atoms. The number of hydrogen-bond acceptors (Lipinski definition) is 2. The zero-order chi connectivity index (χ0) is 8.27. The lowest BCUT2D eigenvalue weighted by atomic mass is 10.4. The van der Waals surface area contributed by atoms with Crippen LogP contribution in [0.15, 0.2) is 0 Å². The van der Waals surface area contributed by atoms with Gasteiger partial charge in [-0.1, -0.05) is 0 Å². The Hall–Kier alpha value is 1.22. The Bertz CT molecular complexity index is 149. The second-order valence-electron chi connectivity index (χ2n) is 2.82.